The van der Waals surface area contributed by atoms with Crippen LogP contribution in [0, 0.1) is 0 Å². The van der Waals surface area contributed by atoms with Crippen LogP contribution in [0.4, 0.5) is 0 Å². The zero-order chi connectivity index (χ0) is 36.0. The van der Waals surface area contributed by atoms with Crippen molar-refractivity contribution in [3.8, 4) is 0 Å². The molecule has 0 unspecified atom stereocenters. The van der Waals surface area contributed by atoms with Crippen molar-refractivity contribution in [1.82, 2.24) is 0 Å². The van der Waals surface area contributed by atoms with Crippen LogP contribution in [0.25, 0.3) is 0 Å². The van der Waals surface area contributed by atoms with Crippen LogP contribution in [0.1, 0.15) is 234 Å². The molecule has 0 atom stereocenters. The van der Waals surface area contributed by atoms with Crippen molar-refractivity contribution in [1.29, 1.82) is 0 Å². The van der Waals surface area contributed by atoms with Gasteiger partial charge in [0.25, 0.3) is 0 Å². The van der Waals surface area contributed by atoms with Crippen LogP contribution in [-0.4, -0.2) is 27.8 Å². The Morgan fingerprint density at radius 1 is 0.314 bits per heavy atom. The second-order valence-electron chi connectivity index (χ2n) is 20.8. The van der Waals surface area contributed by atoms with Crippen LogP contribution in [0.5, 0.6) is 0 Å². The fourth-order valence-electron chi connectivity index (χ4n) is 13.1. The standard InChI is InChI=1S/2C18H33OSi.2C4H9O.Ti/c2*19-20(16-10-4-1-5-11-16,17-12-6-2-7-13-17)18-14-8-3-9-15-18;2*1-4(2,3)5;/h2*16-18H,1-15H2;2*1-3H3;/q4*-1;+4. The van der Waals surface area contributed by atoms with Gasteiger partial charge in [-0.05, 0) is 0 Å². The first-order chi connectivity index (χ1) is 24.5. The van der Waals surface area contributed by atoms with Crippen LogP contribution in [0.3, 0.4) is 0 Å². The van der Waals surface area contributed by atoms with Crippen molar-refractivity contribution in [2.24, 2.45) is 0 Å². The molecule has 0 aromatic heterocycles. The molecule has 0 saturated heterocycles. The molecule has 0 bridgehead atoms. The van der Waals surface area contributed by atoms with Gasteiger partial charge in [-0.2, -0.15) is 0 Å². The molecular weight excluding hydrogens is 697 g/mol. The summed E-state index contributed by atoms with van der Waals surface area (Å²) in [6.45, 7) is 13.8. The second kappa shape index (κ2) is 18.5. The molecule has 0 aromatic carbocycles. The van der Waals surface area contributed by atoms with Gasteiger partial charge in [0.1, 0.15) is 0 Å². The Labute approximate surface area is 324 Å². The van der Waals surface area contributed by atoms with Crippen LogP contribution in [-0.2, 0) is 30.8 Å². The van der Waals surface area contributed by atoms with E-state index in [1.807, 2.05) is 0 Å². The maximum atomic E-state index is 8.82. The van der Waals surface area contributed by atoms with E-state index in [1.54, 1.807) is 0 Å². The molecule has 6 aliphatic carbocycles. The third-order valence-electron chi connectivity index (χ3n) is 14.9. The number of hydrogen-bond acceptors (Lipinski definition) is 4. The molecule has 0 aliphatic heterocycles. The van der Waals surface area contributed by atoms with E-state index in [1.165, 1.54) is 193 Å². The minimum absolute atomic E-state index is 0.372. The molecule has 0 amide bonds. The van der Waals surface area contributed by atoms with Gasteiger partial charge in [-0.1, -0.05) is 0 Å². The molecule has 6 rings (SSSR count). The number of rotatable bonds is 12. The third-order valence-corrected chi connectivity index (χ3v) is 35.6. The minimum atomic E-state index is -4.52. The van der Waals surface area contributed by atoms with Crippen LogP contribution in [0.15, 0.2) is 0 Å². The molecule has 7 heteroatoms. The quantitative estimate of drug-likeness (QED) is 0.185. The molecule has 6 saturated carbocycles. The van der Waals surface area contributed by atoms with Crippen molar-refractivity contribution < 1.29 is 30.8 Å². The number of hydrogen-bond donors (Lipinski definition) is 0. The summed E-state index contributed by atoms with van der Waals surface area (Å²) in [6.07, 6.45) is 41.9. The van der Waals surface area contributed by atoms with Gasteiger partial charge in [-0.15, -0.1) is 0 Å². The topological polar surface area (TPSA) is 36.9 Å². The second-order valence-corrected chi connectivity index (χ2v) is 33.7. The summed E-state index contributed by atoms with van der Waals surface area (Å²) in [7, 11) is -4.89. The Hall–Kier alpha value is 0.988. The van der Waals surface area contributed by atoms with Gasteiger partial charge in [-0.25, -0.2) is 0 Å². The van der Waals surface area contributed by atoms with Gasteiger partial charge in [0, 0.05) is 0 Å². The fourth-order valence-corrected chi connectivity index (χ4v) is 39.7. The van der Waals surface area contributed by atoms with Crippen LogP contribution in [0.2, 0.25) is 33.2 Å². The summed E-state index contributed by atoms with van der Waals surface area (Å²) in [5, 5.41) is 0. The average Bonchev–Trinajstić information content (AvgIpc) is 3.14. The summed E-state index contributed by atoms with van der Waals surface area (Å²) in [5.41, 5.74) is 3.72. The SMILES string of the molecule is CC(C)(C)[O][Ti]([O]C(C)(C)C)([O][Si](C1CCCCC1)(C1CCCCC1)C1CCCCC1)[O][Si](C1CCCCC1)(C1CCCCC1)C1CCCCC1. The monoisotopic (exact) mass is 781 g/mol. The Bertz CT molecular complexity index is 848. The van der Waals surface area contributed by atoms with Gasteiger partial charge >= 0.3 is 326 Å². The summed E-state index contributed by atoms with van der Waals surface area (Å²) in [5.74, 6) is 0. The van der Waals surface area contributed by atoms with E-state index in [0.29, 0.717) is 0 Å². The summed E-state index contributed by atoms with van der Waals surface area (Å²) in [4.78, 5) is 0. The van der Waals surface area contributed by atoms with Gasteiger partial charge < -0.3 is 0 Å². The Kier molecular flexibility index (Phi) is 15.1. The predicted octanol–water partition coefficient (Wildman–Crippen LogP) is 15.4. The Morgan fingerprint density at radius 3 is 0.647 bits per heavy atom. The summed E-state index contributed by atoms with van der Waals surface area (Å²) < 4.78 is 33.3. The van der Waals surface area contributed by atoms with Crippen molar-refractivity contribution >= 4 is 16.6 Å². The summed E-state index contributed by atoms with van der Waals surface area (Å²) >= 11 is -4.52. The first-order valence-corrected chi connectivity index (χ1v) is 30.1. The summed E-state index contributed by atoms with van der Waals surface area (Å²) in [6, 6.07) is 0. The van der Waals surface area contributed by atoms with E-state index >= 15 is 0 Å². The molecule has 0 radical (unpaired) electrons. The van der Waals surface area contributed by atoms with E-state index in [9.17, 15) is 0 Å². The van der Waals surface area contributed by atoms with Gasteiger partial charge in [-0.3, -0.25) is 0 Å². The zero-order valence-corrected chi connectivity index (χ0v) is 38.4. The molecule has 296 valence electrons. The van der Waals surface area contributed by atoms with Gasteiger partial charge in [0.15, 0.2) is 0 Å². The molecular formula is C44H84O4Si2Ti. The predicted molar refractivity (Wildman–Crippen MR) is 216 cm³/mol. The maximum absolute atomic E-state index is 8.82. The molecule has 0 N–H and O–H groups in total. The fraction of sp³-hybridized carbons (Fsp3) is 1.00. The van der Waals surface area contributed by atoms with E-state index < -0.39 is 34.8 Å². The first kappa shape index (κ1) is 41.6. The van der Waals surface area contributed by atoms with Crippen molar-refractivity contribution in [3.63, 3.8) is 0 Å². The van der Waals surface area contributed by atoms with E-state index in [-0.39, 0.29) is 11.2 Å². The van der Waals surface area contributed by atoms with E-state index in [2.05, 4.69) is 41.5 Å². The molecule has 0 aromatic rings. The van der Waals surface area contributed by atoms with Gasteiger partial charge in [0.05, 0.1) is 0 Å². The molecule has 6 aliphatic rings. The van der Waals surface area contributed by atoms with Crippen LogP contribution < -0.4 is 0 Å². The van der Waals surface area contributed by atoms with E-state index in [4.69, 9.17) is 12.7 Å². The molecule has 0 heterocycles. The Morgan fingerprint density at radius 2 is 0.490 bits per heavy atom. The Balaban J connectivity index is 1.57. The normalized spacial score (nSPS) is 26.5. The zero-order valence-electron chi connectivity index (χ0n) is 34.8. The van der Waals surface area contributed by atoms with E-state index in [0.717, 1.165) is 33.2 Å². The molecule has 51 heavy (non-hydrogen) atoms. The average molecular weight is 781 g/mol. The van der Waals surface area contributed by atoms with Crippen molar-refractivity contribution in [3.05, 3.63) is 0 Å². The molecule has 6 fully saturated rings. The van der Waals surface area contributed by atoms with Crippen LogP contribution >= 0.6 is 0 Å². The first-order valence-electron chi connectivity index (χ1n) is 23.3. The van der Waals surface area contributed by atoms with Crippen molar-refractivity contribution in [2.75, 3.05) is 0 Å². The molecule has 0 spiro atoms. The molecule has 4 nitrogen and oxygen atoms in total. The van der Waals surface area contributed by atoms with Gasteiger partial charge in [0.2, 0.25) is 0 Å². The third kappa shape index (κ3) is 10.3. The van der Waals surface area contributed by atoms with Crippen molar-refractivity contribution in [2.45, 2.75) is 279 Å².